The molecule has 2 amide bonds. The lowest BCUT2D eigenvalue weighted by Gasteiger charge is -2.27. The maximum atomic E-state index is 12.5. The molecular weight excluding hydrogens is 324 g/mol. The van der Waals surface area contributed by atoms with Crippen molar-refractivity contribution < 1.29 is 13.2 Å². The van der Waals surface area contributed by atoms with Gasteiger partial charge in [0.15, 0.2) is 0 Å². The van der Waals surface area contributed by atoms with Crippen LogP contribution in [0.4, 0.5) is 4.79 Å². The fourth-order valence-corrected chi connectivity index (χ4v) is 3.18. The van der Waals surface area contributed by atoms with Crippen molar-refractivity contribution in [3.63, 3.8) is 0 Å². The first kappa shape index (κ1) is 18.0. The highest BCUT2D eigenvalue weighted by atomic mass is 32.2. The first-order valence-electron chi connectivity index (χ1n) is 7.73. The van der Waals surface area contributed by atoms with Crippen molar-refractivity contribution in [3.8, 4) is 0 Å². The van der Waals surface area contributed by atoms with E-state index in [-0.39, 0.29) is 10.9 Å². The number of hydrogen-bond donors (Lipinski definition) is 1. The summed E-state index contributed by atoms with van der Waals surface area (Å²) in [7, 11) is -3.89. The van der Waals surface area contributed by atoms with Crippen molar-refractivity contribution in [2.45, 2.75) is 38.3 Å². The molecule has 0 aliphatic rings. The summed E-state index contributed by atoms with van der Waals surface area (Å²) in [6.07, 6.45) is 0. The summed E-state index contributed by atoms with van der Waals surface area (Å²) in [6.45, 7) is 5.91. The summed E-state index contributed by atoms with van der Waals surface area (Å²) < 4.78 is 26.9. The normalized spacial score (nSPS) is 11.3. The Kier molecular flexibility index (Phi) is 5.62. The number of carbonyl (C=O) groups excluding carboxylic acids is 1. The van der Waals surface area contributed by atoms with Gasteiger partial charge in [-0.15, -0.1) is 0 Å². The molecule has 0 atom stereocenters. The summed E-state index contributed by atoms with van der Waals surface area (Å²) in [5.74, 6) is 0. The predicted octanol–water partition coefficient (Wildman–Crippen LogP) is 3.30. The maximum absolute atomic E-state index is 12.5. The number of amides is 2. The van der Waals surface area contributed by atoms with Crippen molar-refractivity contribution in [1.82, 2.24) is 9.62 Å². The number of hydrogen-bond acceptors (Lipinski definition) is 3. The summed E-state index contributed by atoms with van der Waals surface area (Å²) in [5, 5.41) is 0. The molecule has 2 aromatic carbocycles. The molecule has 0 fully saturated rings. The van der Waals surface area contributed by atoms with E-state index in [9.17, 15) is 13.2 Å². The van der Waals surface area contributed by atoms with Crippen LogP contribution in [0.25, 0.3) is 0 Å². The number of urea groups is 1. The molecule has 24 heavy (non-hydrogen) atoms. The number of nitrogens with one attached hydrogen (secondary N) is 1. The minimum atomic E-state index is -3.89. The maximum Gasteiger partial charge on any atom is 0.331 e. The number of rotatable bonds is 5. The first-order chi connectivity index (χ1) is 11.3. The molecule has 5 nitrogen and oxygen atoms in total. The Balaban J connectivity index is 2.16. The largest absolute Gasteiger partial charge is 0.331 e. The Morgan fingerprint density at radius 2 is 1.62 bits per heavy atom. The second kappa shape index (κ2) is 7.49. The quantitative estimate of drug-likeness (QED) is 0.903. The van der Waals surface area contributed by atoms with Crippen LogP contribution in [0, 0.1) is 6.92 Å². The smallest absolute Gasteiger partial charge is 0.317 e. The van der Waals surface area contributed by atoms with E-state index in [1.807, 2.05) is 51.1 Å². The molecule has 1 N–H and O–H groups in total. The highest BCUT2D eigenvalue weighted by molar-refractivity contribution is 7.90. The van der Waals surface area contributed by atoms with Crippen LogP contribution in [0.1, 0.15) is 25.0 Å². The zero-order valence-electron chi connectivity index (χ0n) is 14.1. The van der Waals surface area contributed by atoms with Gasteiger partial charge in [0.05, 0.1) is 4.90 Å². The molecule has 0 radical (unpaired) electrons. The van der Waals surface area contributed by atoms with Gasteiger partial charge in [0.2, 0.25) is 0 Å². The summed E-state index contributed by atoms with van der Waals surface area (Å²) in [5.41, 5.74) is 1.89. The van der Waals surface area contributed by atoms with E-state index in [0.717, 1.165) is 11.1 Å². The zero-order valence-corrected chi connectivity index (χ0v) is 14.9. The lowest BCUT2D eigenvalue weighted by molar-refractivity contribution is 0.185. The van der Waals surface area contributed by atoms with Crippen molar-refractivity contribution in [2.75, 3.05) is 0 Å². The van der Waals surface area contributed by atoms with E-state index in [2.05, 4.69) is 4.72 Å². The first-order valence-corrected chi connectivity index (χ1v) is 9.22. The van der Waals surface area contributed by atoms with Crippen molar-refractivity contribution in [2.24, 2.45) is 0 Å². The van der Waals surface area contributed by atoms with E-state index in [1.54, 1.807) is 12.1 Å². The van der Waals surface area contributed by atoms with Gasteiger partial charge in [0.25, 0.3) is 10.0 Å². The predicted molar refractivity (Wildman–Crippen MR) is 94.0 cm³/mol. The molecule has 0 bridgehead atoms. The average molecular weight is 346 g/mol. The summed E-state index contributed by atoms with van der Waals surface area (Å²) in [4.78, 5) is 14.0. The molecule has 0 aliphatic carbocycles. The number of benzene rings is 2. The van der Waals surface area contributed by atoms with E-state index in [1.165, 1.54) is 17.0 Å². The van der Waals surface area contributed by atoms with E-state index >= 15 is 0 Å². The standard InChI is InChI=1S/C18H22N2O3S/c1-14(2)20(13-16-7-5-4-6-8-16)18(21)19-24(22,23)17-11-9-15(3)10-12-17/h4-12,14H,13H2,1-3H3,(H,19,21). The molecule has 0 aliphatic heterocycles. The highest BCUT2D eigenvalue weighted by Crippen LogP contribution is 2.13. The second-order valence-corrected chi connectivity index (χ2v) is 7.61. The Morgan fingerprint density at radius 1 is 1.04 bits per heavy atom. The summed E-state index contributed by atoms with van der Waals surface area (Å²) >= 11 is 0. The van der Waals surface area contributed by atoms with Crippen LogP contribution >= 0.6 is 0 Å². The monoisotopic (exact) mass is 346 g/mol. The molecule has 0 heterocycles. The van der Waals surface area contributed by atoms with Crippen LogP contribution in [0.2, 0.25) is 0 Å². The molecule has 2 rings (SSSR count). The molecule has 6 heteroatoms. The van der Waals surface area contributed by atoms with Gasteiger partial charge in [-0.3, -0.25) is 0 Å². The minimum absolute atomic E-state index is 0.0740. The molecule has 0 spiro atoms. The third-order valence-electron chi connectivity index (χ3n) is 3.63. The molecule has 0 aromatic heterocycles. The van der Waals surface area contributed by atoms with Crippen molar-refractivity contribution in [3.05, 3.63) is 65.7 Å². The fourth-order valence-electron chi connectivity index (χ4n) is 2.22. The Labute approximate surface area is 143 Å². The van der Waals surface area contributed by atoms with Crippen LogP contribution in [0.5, 0.6) is 0 Å². The van der Waals surface area contributed by atoms with Gasteiger partial charge >= 0.3 is 6.03 Å². The van der Waals surface area contributed by atoms with Crippen LogP contribution in [0.15, 0.2) is 59.5 Å². The SMILES string of the molecule is Cc1ccc(S(=O)(=O)NC(=O)N(Cc2ccccc2)C(C)C)cc1. The van der Waals surface area contributed by atoms with E-state index in [4.69, 9.17) is 0 Å². The third-order valence-corrected chi connectivity index (χ3v) is 4.97. The van der Waals surface area contributed by atoms with Gasteiger partial charge in [0, 0.05) is 12.6 Å². The molecule has 0 saturated heterocycles. The van der Waals surface area contributed by atoms with Gasteiger partial charge in [-0.1, -0.05) is 48.0 Å². The van der Waals surface area contributed by atoms with E-state index in [0.29, 0.717) is 6.54 Å². The molecule has 128 valence electrons. The minimum Gasteiger partial charge on any atom is -0.317 e. The molecule has 2 aromatic rings. The van der Waals surface area contributed by atoms with Crippen molar-refractivity contribution in [1.29, 1.82) is 0 Å². The topological polar surface area (TPSA) is 66.5 Å². The third kappa shape index (κ3) is 4.58. The molecule has 0 saturated carbocycles. The highest BCUT2D eigenvalue weighted by Gasteiger charge is 2.23. The number of nitrogens with zero attached hydrogens (tertiary/aromatic N) is 1. The van der Waals surface area contributed by atoms with Gasteiger partial charge in [-0.25, -0.2) is 17.9 Å². The molecular formula is C18H22N2O3S. The lowest BCUT2D eigenvalue weighted by Crippen LogP contribution is -2.45. The van der Waals surface area contributed by atoms with Crippen LogP contribution in [-0.4, -0.2) is 25.4 Å². The number of carbonyl (C=O) groups is 1. The summed E-state index contributed by atoms with van der Waals surface area (Å²) in [6, 6.07) is 15.1. The van der Waals surface area contributed by atoms with E-state index < -0.39 is 16.1 Å². The van der Waals surface area contributed by atoms with Gasteiger partial charge in [-0.2, -0.15) is 0 Å². The van der Waals surface area contributed by atoms with Crippen LogP contribution in [0.3, 0.4) is 0 Å². The van der Waals surface area contributed by atoms with Crippen LogP contribution < -0.4 is 4.72 Å². The van der Waals surface area contributed by atoms with Crippen molar-refractivity contribution >= 4 is 16.1 Å². The van der Waals surface area contributed by atoms with Crippen LogP contribution in [-0.2, 0) is 16.6 Å². The zero-order chi connectivity index (χ0) is 17.7. The number of aryl methyl sites for hydroxylation is 1. The van der Waals surface area contributed by atoms with Gasteiger partial charge < -0.3 is 4.90 Å². The Bertz CT molecular complexity index is 785. The fraction of sp³-hybridized carbons (Fsp3) is 0.278. The van der Waals surface area contributed by atoms with Gasteiger partial charge in [0.1, 0.15) is 0 Å². The van der Waals surface area contributed by atoms with Gasteiger partial charge in [-0.05, 0) is 38.5 Å². The average Bonchev–Trinajstić information content (AvgIpc) is 2.53. The Hall–Kier alpha value is -2.34. The Morgan fingerprint density at radius 3 is 2.17 bits per heavy atom. The number of sulfonamides is 1. The second-order valence-electron chi connectivity index (χ2n) is 5.93. The molecule has 0 unspecified atom stereocenters. The lowest BCUT2D eigenvalue weighted by atomic mass is 10.2.